The molecule has 0 saturated heterocycles. The normalized spacial score (nSPS) is 13.2. The van der Waals surface area contributed by atoms with E-state index in [9.17, 15) is 18.3 Å². The van der Waals surface area contributed by atoms with Crippen LogP contribution in [0.2, 0.25) is 0 Å². The van der Waals surface area contributed by atoms with Crippen LogP contribution in [0.4, 0.5) is 5.69 Å². The first-order valence-corrected chi connectivity index (χ1v) is 11.8. The van der Waals surface area contributed by atoms with E-state index in [1.807, 2.05) is 37.3 Å². The number of anilines is 1. The number of fused-ring (bicyclic) bond motifs is 1. The van der Waals surface area contributed by atoms with E-state index in [1.165, 1.54) is 0 Å². The number of aryl methyl sites for hydroxylation is 1. The lowest BCUT2D eigenvalue weighted by Gasteiger charge is -2.29. The monoisotopic (exact) mass is 441 g/mol. The van der Waals surface area contributed by atoms with Crippen LogP contribution in [0.5, 0.6) is 0 Å². The van der Waals surface area contributed by atoms with Gasteiger partial charge < -0.3 is 9.84 Å². The predicted molar refractivity (Wildman–Crippen MR) is 124 cm³/mol. The quantitative estimate of drug-likeness (QED) is 0.553. The van der Waals surface area contributed by atoms with E-state index in [1.54, 1.807) is 45.0 Å². The molecule has 3 aromatic rings. The number of carbonyl (C=O) groups is 1. The van der Waals surface area contributed by atoms with Crippen molar-refractivity contribution < 1.29 is 23.1 Å². The molecule has 0 aliphatic heterocycles. The van der Waals surface area contributed by atoms with Crippen LogP contribution in [0.25, 0.3) is 21.9 Å². The second kappa shape index (κ2) is 8.32. The van der Waals surface area contributed by atoms with Gasteiger partial charge in [-0.15, -0.1) is 0 Å². The summed E-state index contributed by atoms with van der Waals surface area (Å²) in [6, 6.07) is 16.5. The Labute approximate surface area is 182 Å². The molecule has 31 heavy (non-hydrogen) atoms. The minimum absolute atomic E-state index is 0.377. The summed E-state index contributed by atoms with van der Waals surface area (Å²) in [5.74, 6) is -1.11. The highest BCUT2D eigenvalue weighted by molar-refractivity contribution is 7.92. The Kier molecular flexibility index (Phi) is 6.11. The molecule has 1 atom stereocenters. The summed E-state index contributed by atoms with van der Waals surface area (Å²) in [7, 11) is -3.55. The molecule has 164 valence electrons. The number of hydrogen-bond donors (Lipinski definition) is 2. The maximum absolute atomic E-state index is 12.3. The first kappa shape index (κ1) is 22.8. The zero-order chi connectivity index (χ0) is 23.0. The summed E-state index contributed by atoms with van der Waals surface area (Å²) in [5, 5.41) is 11.8. The van der Waals surface area contributed by atoms with Crippen LogP contribution in [0.3, 0.4) is 0 Å². The van der Waals surface area contributed by atoms with Gasteiger partial charge in [0.2, 0.25) is 10.0 Å². The predicted octanol–water partition coefficient (Wildman–Crippen LogP) is 5.13. The van der Waals surface area contributed by atoms with Gasteiger partial charge in [-0.2, -0.15) is 0 Å². The van der Waals surface area contributed by atoms with Gasteiger partial charge >= 0.3 is 5.97 Å². The third kappa shape index (κ3) is 5.24. The van der Waals surface area contributed by atoms with Gasteiger partial charge in [0.15, 0.2) is 6.10 Å². The molecular weight excluding hydrogens is 414 g/mol. The van der Waals surface area contributed by atoms with Gasteiger partial charge in [-0.3, -0.25) is 4.72 Å². The van der Waals surface area contributed by atoms with Crippen LogP contribution in [-0.4, -0.2) is 31.4 Å². The van der Waals surface area contributed by atoms with Crippen molar-refractivity contribution in [1.82, 2.24) is 0 Å². The van der Waals surface area contributed by atoms with E-state index >= 15 is 0 Å². The molecule has 0 amide bonds. The molecular formula is C24H27NO5S. The second-order valence-electron chi connectivity index (χ2n) is 8.57. The molecule has 3 aromatic carbocycles. The van der Waals surface area contributed by atoms with Gasteiger partial charge in [-0.05, 0) is 55.7 Å². The number of para-hydroxylation sites is 1. The largest absolute Gasteiger partial charge is 0.479 e. The third-order valence-corrected chi connectivity index (χ3v) is 5.34. The number of carboxylic acids is 1. The molecule has 7 heteroatoms. The number of ether oxygens (including phenoxy) is 1. The Balaban J connectivity index is 2.43. The van der Waals surface area contributed by atoms with Crippen LogP contribution < -0.4 is 4.72 Å². The number of hydrogen-bond acceptors (Lipinski definition) is 4. The molecule has 0 fully saturated rings. The third-order valence-electron chi connectivity index (χ3n) is 4.75. The number of carboxylic acid groups (broad SMARTS) is 1. The molecule has 0 spiro atoms. The van der Waals surface area contributed by atoms with Crippen LogP contribution in [0, 0.1) is 6.92 Å². The van der Waals surface area contributed by atoms with E-state index < -0.39 is 27.7 Å². The smallest absolute Gasteiger partial charge is 0.337 e. The topological polar surface area (TPSA) is 92.7 Å². The summed E-state index contributed by atoms with van der Waals surface area (Å²) in [6.45, 7) is 7.26. The number of sulfonamides is 1. The molecule has 0 aliphatic rings. The lowest BCUT2D eigenvalue weighted by atomic mass is 9.86. The SMILES string of the molecule is Cc1cc2ccccc2c(-c2ccccc2NS(C)(=O)=O)c1C(OC(C)(C)C)C(=O)O. The maximum Gasteiger partial charge on any atom is 0.337 e. The molecule has 0 bridgehead atoms. The van der Waals surface area contributed by atoms with Gasteiger partial charge in [0.05, 0.1) is 17.5 Å². The Hall–Kier alpha value is -2.90. The lowest BCUT2D eigenvalue weighted by Crippen LogP contribution is -2.28. The summed E-state index contributed by atoms with van der Waals surface area (Å²) in [5.41, 5.74) is 2.15. The minimum atomic E-state index is -3.55. The Morgan fingerprint density at radius 1 is 1.06 bits per heavy atom. The van der Waals surface area contributed by atoms with Gasteiger partial charge in [-0.1, -0.05) is 48.5 Å². The van der Waals surface area contributed by atoms with Crippen LogP contribution >= 0.6 is 0 Å². The number of benzene rings is 3. The first-order chi connectivity index (χ1) is 14.4. The van der Waals surface area contributed by atoms with Gasteiger partial charge in [0.25, 0.3) is 0 Å². The standard InChI is InChI=1S/C24H27NO5S/c1-15-14-16-10-6-7-11-17(16)21(20(15)22(23(26)27)30-24(2,3)4)18-12-8-9-13-19(18)25-31(5,28)29/h6-14,22,25H,1-5H3,(H,26,27). The fraction of sp³-hybridized carbons (Fsp3) is 0.292. The molecule has 0 saturated carbocycles. The lowest BCUT2D eigenvalue weighted by molar-refractivity contribution is -0.160. The van der Waals surface area contributed by atoms with E-state index in [0.717, 1.165) is 22.6 Å². The molecule has 3 rings (SSSR count). The van der Waals surface area contributed by atoms with Crippen LogP contribution in [0.15, 0.2) is 54.6 Å². The Morgan fingerprint density at radius 2 is 1.68 bits per heavy atom. The zero-order valence-electron chi connectivity index (χ0n) is 18.3. The molecule has 2 N–H and O–H groups in total. The summed E-state index contributed by atoms with van der Waals surface area (Å²) < 4.78 is 32.5. The number of rotatable bonds is 6. The maximum atomic E-state index is 12.3. The fourth-order valence-corrected chi connectivity index (χ4v) is 4.29. The van der Waals surface area contributed by atoms with Crippen molar-refractivity contribution in [3.05, 3.63) is 65.7 Å². The summed E-state index contributed by atoms with van der Waals surface area (Å²) >= 11 is 0. The van der Waals surface area contributed by atoms with E-state index in [-0.39, 0.29) is 0 Å². The summed E-state index contributed by atoms with van der Waals surface area (Å²) in [4.78, 5) is 12.3. The van der Waals surface area contributed by atoms with Crippen molar-refractivity contribution in [3.63, 3.8) is 0 Å². The van der Waals surface area contributed by atoms with Gasteiger partial charge in [0.1, 0.15) is 0 Å². The molecule has 0 aliphatic carbocycles. The summed E-state index contributed by atoms with van der Waals surface area (Å²) in [6.07, 6.45) is -0.146. The molecule has 6 nitrogen and oxygen atoms in total. The molecule has 0 heterocycles. The first-order valence-electron chi connectivity index (χ1n) is 9.87. The molecule has 0 aromatic heterocycles. The molecule has 1 unspecified atom stereocenters. The highest BCUT2D eigenvalue weighted by atomic mass is 32.2. The van der Waals surface area contributed by atoms with E-state index in [0.29, 0.717) is 22.4 Å². The zero-order valence-corrected chi connectivity index (χ0v) is 19.1. The Morgan fingerprint density at radius 3 is 2.29 bits per heavy atom. The van der Waals surface area contributed by atoms with Crippen molar-refractivity contribution in [3.8, 4) is 11.1 Å². The number of aliphatic carboxylic acids is 1. The van der Waals surface area contributed by atoms with E-state index in [2.05, 4.69) is 4.72 Å². The minimum Gasteiger partial charge on any atom is -0.479 e. The van der Waals surface area contributed by atoms with Crippen molar-refractivity contribution in [2.45, 2.75) is 39.4 Å². The average molecular weight is 442 g/mol. The van der Waals surface area contributed by atoms with Crippen molar-refractivity contribution in [2.75, 3.05) is 11.0 Å². The number of nitrogens with one attached hydrogen (secondary N) is 1. The fourth-order valence-electron chi connectivity index (χ4n) is 3.71. The van der Waals surface area contributed by atoms with E-state index in [4.69, 9.17) is 4.74 Å². The highest BCUT2D eigenvalue weighted by Crippen LogP contribution is 2.43. The highest BCUT2D eigenvalue weighted by Gasteiger charge is 2.32. The van der Waals surface area contributed by atoms with Crippen LogP contribution in [-0.2, 0) is 19.6 Å². The molecule has 0 radical (unpaired) electrons. The average Bonchev–Trinajstić information content (AvgIpc) is 2.64. The van der Waals surface area contributed by atoms with Crippen LogP contribution in [0.1, 0.15) is 38.0 Å². The van der Waals surface area contributed by atoms with Gasteiger partial charge in [0, 0.05) is 11.1 Å². The van der Waals surface area contributed by atoms with Crippen molar-refractivity contribution >= 4 is 32.5 Å². The van der Waals surface area contributed by atoms with Crippen molar-refractivity contribution in [1.29, 1.82) is 0 Å². The second-order valence-corrected chi connectivity index (χ2v) is 10.3. The van der Waals surface area contributed by atoms with Gasteiger partial charge in [-0.25, -0.2) is 13.2 Å². The van der Waals surface area contributed by atoms with Crippen molar-refractivity contribution in [2.24, 2.45) is 0 Å². The Bertz CT molecular complexity index is 1240.